The van der Waals surface area contributed by atoms with E-state index >= 15 is 0 Å². The highest BCUT2D eigenvalue weighted by atomic mass is 16.5. The molecular weight excluding hydrogens is 238 g/mol. The number of benzene rings is 1. The second-order valence-corrected chi connectivity index (χ2v) is 6.27. The fourth-order valence-electron chi connectivity index (χ4n) is 2.87. The minimum atomic E-state index is -0.632. The molecule has 1 heterocycles. The highest BCUT2D eigenvalue weighted by Gasteiger charge is 2.25. The predicted octanol–water partition coefficient (Wildman–Crippen LogP) is 2.55. The van der Waals surface area contributed by atoms with Gasteiger partial charge in [0.05, 0.1) is 12.2 Å². The van der Waals surface area contributed by atoms with Gasteiger partial charge in [-0.15, -0.1) is 0 Å². The highest BCUT2D eigenvalue weighted by molar-refractivity contribution is 5.39. The molecular formula is C16H25NO2. The van der Waals surface area contributed by atoms with Crippen molar-refractivity contribution < 1.29 is 9.84 Å². The van der Waals surface area contributed by atoms with Crippen LogP contribution >= 0.6 is 0 Å². The van der Waals surface area contributed by atoms with Gasteiger partial charge in [0, 0.05) is 24.6 Å². The number of aliphatic hydroxyl groups is 1. The largest absolute Gasteiger partial charge is 0.493 e. The van der Waals surface area contributed by atoms with Gasteiger partial charge in [0.2, 0.25) is 0 Å². The average Bonchev–Trinajstić information content (AvgIpc) is 2.71. The first kappa shape index (κ1) is 14.4. The van der Waals surface area contributed by atoms with Gasteiger partial charge in [-0.25, -0.2) is 0 Å². The molecule has 0 saturated carbocycles. The lowest BCUT2D eigenvalue weighted by Crippen LogP contribution is -2.40. The van der Waals surface area contributed by atoms with Crippen molar-refractivity contribution in [2.45, 2.75) is 38.7 Å². The second kappa shape index (κ2) is 5.93. The SMILES string of the molecule is CC(C)CC(C)(O)CNCC1COc2ccccc21. The monoisotopic (exact) mass is 263 g/mol. The fourth-order valence-corrected chi connectivity index (χ4v) is 2.87. The molecule has 3 nitrogen and oxygen atoms in total. The first-order valence-electron chi connectivity index (χ1n) is 7.13. The molecule has 0 fully saturated rings. The smallest absolute Gasteiger partial charge is 0.122 e. The predicted molar refractivity (Wildman–Crippen MR) is 77.6 cm³/mol. The van der Waals surface area contributed by atoms with Crippen LogP contribution in [0, 0.1) is 5.92 Å². The Balaban J connectivity index is 1.81. The van der Waals surface area contributed by atoms with Crippen LogP contribution in [0.5, 0.6) is 5.75 Å². The van der Waals surface area contributed by atoms with Crippen molar-refractivity contribution in [3.8, 4) is 5.75 Å². The lowest BCUT2D eigenvalue weighted by atomic mass is 9.94. The Hall–Kier alpha value is -1.06. The van der Waals surface area contributed by atoms with Crippen molar-refractivity contribution in [2.24, 2.45) is 5.92 Å². The minimum absolute atomic E-state index is 0.394. The molecule has 19 heavy (non-hydrogen) atoms. The molecule has 2 atom stereocenters. The van der Waals surface area contributed by atoms with Crippen LogP contribution in [0.4, 0.5) is 0 Å². The standard InChI is InChI=1S/C16H25NO2/c1-12(2)8-16(3,18)11-17-9-13-10-19-15-7-5-4-6-14(13)15/h4-7,12-13,17-18H,8-11H2,1-3H3. The minimum Gasteiger partial charge on any atom is -0.493 e. The van der Waals surface area contributed by atoms with Gasteiger partial charge in [-0.05, 0) is 25.3 Å². The molecule has 0 spiro atoms. The maximum atomic E-state index is 10.3. The van der Waals surface area contributed by atoms with Gasteiger partial charge < -0.3 is 15.2 Å². The summed E-state index contributed by atoms with van der Waals surface area (Å²) in [6, 6.07) is 8.20. The molecule has 0 saturated heterocycles. The van der Waals surface area contributed by atoms with Gasteiger partial charge in [-0.2, -0.15) is 0 Å². The topological polar surface area (TPSA) is 41.5 Å². The van der Waals surface area contributed by atoms with E-state index in [1.54, 1.807) is 0 Å². The van der Waals surface area contributed by atoms with Crippen LogP contribution in [0.25, 0.3) is 0 Å². The zero-order chi connectivity index (χ0) is 13.9. The lowest BCUT2D eigenvalue weighted by molar-refractivity contribution is 0.0383. The van der Waals surface area contributed by atoms with E-state index in [9.17, 15) is 5.11 Å². The van der Waals surface area contributed by atoms with Crippen molar-refractivity contribution in [2.75, 3.05) is 19.7 Å². The molecule has 1 aromatic rings. The summed E-state index contributed by atoms with van der Waals surface area (Å²) in [5, 5.41) is 13.6. The van der Waals surface area contributed by atoms with Crippen molar-refractivity contribution in [1.29, 1.82) is 0 Å². The Bertz CT molecular complexity index is 415. The van der Waals surface area contributed by atoms with Crippen LogP contribution < -0.4 is 10.1 Å². The summed E-state index contributed by atoms with van der Waals surface area (Å²) >= 11 is 0. The third-order valence-corrected chi connectivity index (χ3v) is 3.54. The van der Waals surface area contributed by atoms with E-state index in [0.29, 0.717) is 18.4 Å². The summed E-state index contributed by atoms with van der Waals surface area (Å²) in [6.45, 7) is 8.39. The van der Waals surface area contributed by atoms with E-state index in [-0.39, 0.29) is 0 Å². The lowest BCUT2D eigenvalue weighted by Gasteiger charge is -2.26. The molecule has 1 aliphatic rings. The summed E-state index contributed by atoms with van der Waals surface area (Å²) in [5.74, 6) is 1.90. The third kappa shape index (κ3) is 3.95. The zero-order valence-corrected chi connectivity index (χ0v) is 12.1. The summed E-state index contributed by atoms with van der Waals surface area (Å²) in [7, 11) is 0. The van der Waals surface area contributed by atoms with Crippen molar-refractivity contribution in [1.82, 2.24) is 5.32 Å². The van der Waals surface area contributed by atoms with Crippen LogP contribution in [-0.4, -0.2) is 30.4 Å². The van der Waals surface area contributed by atoms with Crippen LogP contribution in [0.2, 0.25) is 0 Å². The normalized spacial score (nSPS) is 21.0. The van der Waals surface area contributed by atoms with Crippen LogP contribution in [0.3, 0.4) is 0 Å². The number of ether oxygens (including phenoxy) is 1. The van der Waals surface area contributed by atoms with Gasteiger partial charge in [0.15, 0.2) is 0 Å². The van der Waals surface area contributed by atoms with Gasteiger partial charge >= 0.3 is 0 Å². The number of fused-ring (bicyclic) bond motifs is 1. The van der Waals surface area contributed by atoms with Crippen LogP contribution in [-0.2, 0) is 0 Å². The molecule has 2 unspecified atom stereocenters. The molecule has 0 amide bonds. The zero-order valence-electron chi connectivity index (χ0n) is 12.1. The Morgan fingerprint density at radius 3 is 2.89 bits per heavy atom. The molecule has 1 aliphatic heterocycles. The fraction of sp³-hybridized carbons (Fsp3) is 0.625. The number of para-hydroxylation sites is 1. The number of hydrogen-bond donors (Lipinski definition) is 2. The maximum absolute atomic E-state index is 10.3. The van der Waals surface area contributed by atoms with Crippen molar-refractivity contribution in [3.63, 3.8) is 0 Å². The van der Waals surface area contributed by atoms with E-state index in [2.05, 4.69) is 31.3 Å². The Morgan fingerprint density at radius 2 is 2.16 bits per heavy atom. The van der Waals surface area contributed by atoms with E-state index < -0.39 is 5.60 Å². The average molecular weight is 263 g/mol. The molecule has 0 radical (unpaired) electrons. The number of rotatable bonds is 6. The van der Waals surface area contributed by atoms with Crippen molar-refractivity contribution >= 4 is 0 Å². The van der Waals surface area contributed by atoms with Gasteiger partial charge in [-0.3, -0.25) is 0 Å². The quantitative estimate of drug-likeness (QED) is 0.829. The second-order valence-electron chi connectivity index (χ2n) is 6.27. The van der Waals surface area contributed by atoms with Gasteiger partial charge in [-0.1, -0.05) is 32.0 Å². The van der Waals surface area contributed by atoms with E-state index in [1.165, 1.54) is 5.56 Å². The van der Waals surface area contributed by atoms with Crippen LogP contribution in [0.15, 0.2) is 24.3 Å². The molecule has 0 aliphatic carbocycles. The Labute approximate surface area is 116 Å². The summed E-state index contributed by atoms with van der Waals surface area (Å²) in [6.07, 6.45) is 0.817. The maximum Gasteiger partial charge on any atom is 0.122 e. The molecule has 0 aromatic heterocycles. The number of hydrogen-bond acceptors (Lipinski definition) is 3. The Kier molecular flexibility index (Phi) is 4.48. The van der Waals surface area contributed by atoms with Gasteiger partial charge in [0.25, 0.3) is 0 Å². The highest BCUT2D eigenvalue weighted by Crippen LogP contribution is 2.32. The number of nitrogens with one attached hydrogen (secondary N) is 1. The molecule has 0 bridgehead atoms. The molecule has 2 rings (SSSR count). The molecule has 2 N–H and O–H groups in total. The molecule has 1 aromatic carbocycles. The first-order valence-corrected chi connectivity index (χ1v) is 7.13. The summed E-state index contributed by atoms with van der Waals surface area (Å²) in [4.78, 5) is 0. The molecule has 106 valence electrons. The van der Waals surface area contributed by atoms with Crippen molar-refractivity contribution in [3.05, 3.63) is 29.8 Å². The summed E-state index contributed by atoms with van der Waals surface area (Å²) < 4.78 is 5.66. The first-order chi connectivity index (χ1) is 8.98. The van der Waals surface area contributed by atoms with Crippen LogP contribution in [0.1, 0.15) is 38.7 Å². The van der Waals surface area contributed by atoms with Gasteiger partial charge in [0.1, 0.15) is 5.75 Å². The summed E-state index contributed by atoms with van der Waals surface area (Å²) in [5.41, 5.74) is 0.645. The van der Waals surface area contributed by atoms with E-state index in [1.807, 2.05) is 19.1 Å². The Morgan fingerprint density at radius 1 is 1.42 bits per heavy atom. The van der Waals surface area contributed by atoms with E-state index in [4.69, 9.17) is 4.74 Å². The molecule has 3 heteroatoms. The van der Waals surface area contributed by atoms with E-state index in [0.717, 1.165) is 25.3 Å². The third-order valence-electron chi connectivity index (χ3n) is 3.54.